The summed E-state index contributed by atoms with van der Waals surface area (Å²) in [6, 6.07) is 0. The number of amides is 2. The molecule has 180 valence electrons. The Kier molecular flexibility index (Phi) is 14.7. The van der Waals surface area contributed by atoms with Crippen LogP contribution in [0.2, 0.25) is 0 Å². The second-order valence-electron chi connectivity index (χ2n) is 8.74. The maximum Gasteiger partial charge on any atom is 0.303 e. The maximum absolute atomic E-state index is 12.9. The van der Waals surface area contributed by atoms with Crippen molar-refractivity contribution in [2.45, 2.75) is 86.7 Å². The summed E-state index contributed by atoms with van der Waals surface area (Å²) >= 11 is 0. The molecular formula is C26H42N2O4. The lowest BCUT2D eigenvalue weighted by Crippen LogP contribution is -2.40. The Morgan fingerprint density at radius 1 is 0.781 bits per heavy atom. The average molecular weight is 447 g/mol. The van der Waals surface area contributed by atoms with Crippen LogP contribution in [0.15, 0.2) is 46.6 Å². The van der Waals surface area contributed by atoms with Gasteiger partial charge in [-0.05, 0) is 67.2 Å². The van der Waals surface area contributed by atoms with E-state index >= 15 is 0 Å². The summed E-state index contributed by atoms with van der Waals surface area (Å²) in [5, 5.41) is 0. The molecule has 6 heteroatoms. The maximum atomic E-state index is 12.9. The van der Waals surface area contributed by atoms with Crippen LogP contribution in [0.4, 0.5) is 0 Å². The molecule has 0 saturated carbocycles. The normalized spacial score (nSPS) is 12.6. The second-order valence-corrected chi connectivity index (χ2v) is 8.74. The summed E-state index contributed by atoms with van der Waals surface area (Å²) in [5.41, 5.74) is 10.3. The molecule has 1 unspecified atom stereocenters. The van der Waals surface area contributed by atoms with Crippen LogP contribution in [0.3, 0.4) is 0 Å². The van der Waals surface area contributed by atoms with Gasteiger partial charge in [0.2, 0.25) is 5.91 Å². The zero-order valence-electron chi connectivity index (χ0n) is 21.0. The van der Waals surface area contributed by atoms with Gasteiger partial charge in [-0.1, -0.05) is 46.6 Å². The quantitative estimate of drug-likeness (QED) is 0.300. The van der Waals surface area contributed by atoms with Crippen molar-refractivity contribution in [2.24, 2.45) is 5.73 Å². The van der Waals surface area contributed by atoms with E-state index < -0.39 is 18.0 Å². The molecule has 0 aliphatic carbocycles. The van der Waals surface area contributed by atoms with Gasteiger partial charge in [-0.3, -0.25) is 14.4 Å². The summed E-state index contributed by atoms with van der Waals surface area (Å²) in [6.45, 7) is 14.4. The molecule has 0 aliphatic rings. The average Bonchev–Trinajstić information content (AvgIpc) is 2.66. The molecule has 0 rings (SSSR count). The number of carbonyl (C=O) groups excluding carboxylic acids is 3. The predicted octanol–water partition coefficient (Wildman–Crippen LogP) is 5.01. The Morgan fingerprint density at radius 3 is 1.56 bits per heavy atom. The number of carbonyl (C=O) groups is 3. The van der Waals surface area contributed by atoms with E-state index in [2.05, 4.69) is 39.8 Å². The Balaban J connectivity index is 5.32. The zero-order valence-corrected chi connectivity index (χ0v) is 21.0. The summed E-state index contributed by atoms with van der Waals surface area (Å²) in [5.74, 6) is -1.75. The van der Waals surface area contributed by atoms with Gasteiger partial charge in [-0.15, -0.1) is 0 Å². The van der Waals surface area contributed by atoms with Gasteiger partial charge in [-0.2, -0.15) is 0 Å². The number of ether oxygens (including phenoxy) is 1. The minimum absolute atomic E-state index is 0.260. The van der Waals surface area contributed by atoms with E-state index in [9.17, 15) is 14.4 Å². The molecule has 0 aromatic carbocycles. The van der Waals surface area contributed by atoms with Crippen molar-refractivity contribution in [1.29, 1.82) is 0 Å². The lowest BCUT2D eigenvalue weighted by atomic mass is 10.1. The fourth-order valence-corrected chi connectivity index (χ4v) is 2.88. The van der Waals surface area contributed by atoms with Gasteiger partial charge in [0.1, 0.15) is 0 Å². The first-order chi connectivity index (χ1) is 14.9. The highest BCUT2D eigenvalue weighted by Crippen LogP contribution is 2.11. The van der Waals surface area contributed by atoms with E-state index in [1.54, 1.807) is 4.90 Å². The molecule has 0 bridgehead atoms. The highest BCUT2D eigenvalue weighted by atomic mass is 16.5. The Hall–Kier alpha value is -2.63. The van der Waals surface area contributed by atoms with Crippen LogP contribution in [0.5, 0.6) is 0 Å². The molecule has 0 spiro atoms. The third kappa shape index (κ3) is 15.2. The molecule has 2 N–H and O–H groups in total. The van der Waals surface area contributed by atoms with Crippen molar-refractivity contribution >= 4 is 17.8 Å². The monoisotopic (exact) mass is 446 g/mol. The predicted molar refractivity (Wildman–Crippen MR) is 131 cm³/mol. The largest absolute Gasteiger partial charge is 0.452 e. The second kappa shape index (κ2) is 16.1. The molecule has 2 amide bonds. The number of allylic oxidation sites excluding steroid dienone is 6. The minimum atomic E-state index is -1.26. The van der Waals surface area contributed by atoms with E-state index in [1.165, 1.54) is 29.2 Å². The van der Waals surface area contributed by atoms with Crippen molar-refractivity contribution in [2.75, 3.05) is 13.1 Å². The van der Waals surface area contributed by atoms with Crippen molar-refractivity contribution in [3.05, 3.63) is 46.6 Å². The Labute approximate surface area is 194 Å². The molecule has 0 aromatic rings. The molecule has 0 saturated heterocycles. The fraction of sp³-hybridized carbons (Fsp3) is 0.577. The molecule has 0 radical (unpaired) electrons. The Bertz CT molecular complexity index is 712. The lowest BCUT2D eigenvalue weighted by Gasteiger charge is -2.23. The standard InChI is InChI=1S/C26H42N2O4/c1-19(2)10-8-12-21(5)14-16-28(17-15-22(6)13-9-11-20(3)4)25(30)18-24(26(27)31)32-23(7)29/h10-11,14-15,24H,8-9,12-13,16-18H2,1-7H3,(H2,27,31)/b21-14+,22-15+. The summed E-state index contributed by atoms with van der Waals surface area (Å²) < 4.78 is 4.93. The summed E-state index contributed by atoms with van der Waals surface area (Å²) in [7, 11) is 0. The van der Waals surface area contributed by atoms with Crippen molar-refractivity contribution in [3.63, 3.8) is 0 Å². The first-order valence-corrected chi connectivity index (χ1v) is 11.2. The number of rotatable bonds is 14. The van der Waals surface area contributed by atoms with Crippen molar-refractivity contribution in [3.8, 4) is 0 Å². The highest BCUT2D eigenvalue weighted by molar-refractivity contribution is 5.88. The van der Waals surface area contributed by atoms with E-state index in [-0.39, 0.29) is 12.3 Å². The lowest BCUT2D eigenvalue weighted by molar-refractivity contribution is -0.155. The van der Waals surface area contributed by atoms with Crippen LogP contribution in [0, 0.1) is 0 Å². The van der Waals surface area contributed by atoms with Gasteiger partial charge < -0.3 is 15.4 Å². The van der Waals surface area contributed by atoms with Crippen LogP contribution in [-0.2, 0) is 19.1 Å². The van der Waals surface area contributed by atoms with Gasteiger partial charge in [0, 0.05) is 20.0 Å². The molecule has 6 nitrogen and oxygen atoms in total. The first kappa shape index (κ1) is 29.4. The molecule has 0 fully saturated rings. The number of nitrogens with zero attached hydrogens (tertiary/aromatic N) is 1. The van der Waals surface area contributed by atoms with E-state index in [4.69, 9.17) is 10.5 Å². The molecule has 0 aliphatic heterocycles. The minimum Gasteiger partial charge on any atom is -0.452 e. The fourth-order valence-electron chi connectivity index (χ4n) is 2.88. The zero-order chi connectivity index (χ0) is 24.7. The molecule has 1 atom stereocenters. The molecule has 0 aromatic heterocycles. The van der Waals surface area contributed by atoms with Crippen molar-refractivity contribution in [1.82, 2.24) is 4.90 Å². The van der Waals surface area contributed by atoms with Crippen LogP contribution in [-0.4, -0.2) is 41.9 Å². The molecule has 0 heterocycles. The topological polar surface area (TPSA) is 89.7 Å². The Morgan fingerprint density at radius 2 is 1.22 bits per heavy atom. The van der Waals surface area contributed by atoms with Crippen LogP contribution >= 0.6 is 0 Å². The first-order valence-electron chi connectivity index (χ1n) is 11.2. The smallest absolute Gasteiger partial charge is 0.303 e. The van der Waals surface area contributed by atoms with E-state index in [0.717, 1.165) is 25.7 Å². The van der Waals surface area contributed by atoms with E-state index in [1.807, 2.05) is 26.0 Å². The third-order valence-corrected chi connectivity index (χ3v) is 4.84. The molecule has 32 heavy (non-hydrogen) atoms. The number of hydrogen-bond acceptors (Lipinski definition) is 4. The van der Waals surface area contributed by atoms with E-state index in [0.29, 0.717) is 13.1 Å². The highest BCUT2D eigenvalue weighted by Gasteiger charge is 2.25. The molecular weight excluding hydrogens is 404 g/mol. The number of nitrogens with two attached hydrogens (primary N) is 1. The van der Waals surface area contributed by atoms with Gasteiger partial charge in [0.05, 0.1) is 6.42 Å². The summed E-state index contributed by atoms with van der Waals surface area (Å²) in [6.07, 6.45) is 10.7. The number of esters is 1. The van der Waals surface area contributed by atoms with Gasteiger partial charge >= 0.3 is 5.97 Å². The number of hydrogen-bond donors (Lipinski definition) is 1. The third-order valence-electron chi connectivity index (χ3n) is 4.84. The van der Waals surface area contributed by atoms with Gasteiger partial charge in [0.15, 0.2) is 6.10 Å². The van der Waals surface area contributed by atoms with Crippen LogP contribution in [0.1, 0.15) is 80.6 Å². The SMILES string of the molecule is CC(=O)OC(CC(=O)N(C/C=C(\C)CCC=C(C)C)C/C=C(\C)CCC=C(C)C)C(N)=O. The van der Waals surface area contributed by atoms with Gasteiger partial charge in [0.25, 0.3) is 5.91 Å². The number of primary amides is 1. The van der Waals surface area contributed by atoms with Crippen LogP contribution < -0.4 is 5.73 Å². The van der Waals surface area contributed by atoms with Gasteiger partial charge in [-0.25, -0.2) is 0 Å². The van der Waals surface area contributed by atoms with Crippen molar-refractivity contribution < 1.29 is 19.1 Å². The summed E-state index contributed by atoms with van der Waals surface area (Å²) in [4.78, 5) is 37.4. The van der Waals surface area contributed by atoms with Crippen LogP contribution in [0.25, 0.3) is 0 Å².